The average molecular weight is 233 g/mol. The van der Waals surface area contributed by atoms with E-state index >= 15 is 0 Å². The largest absolute Gasteiger partial charge is 0.497 e. The van der Waals surface area contributed by atoms with Gasteiger partial charge < -0.3 is 4.74 Å². The second-order valence-corrected chi connectivity index (χ2v) is 4.09. The molecular formula is C14H13ClO. The van der Waals surface area contributed by atoms with Crippen LogP contribution >= 0.6 is 11.6 Å². The Labute approximate surface area is 101 Å². The lowest BCUT2D eigenvalue weighted by Gasteiger charge is -2.04. The first-order chi connectivity index (χ1) is 7.78. The van der Waals surface area contributed by atoms with Crippen molar-refractivity contribution in [1.29, 1.82) is 0 Å². The number of ether oxygens (including phenoxy) is 1. The highest BCUT2D eigenvalue weighted by molar-refractivity contribution is 6.30. The summed E-state index contributed by atoms with van der Waals surface area (Å²) < 4.78 is 5.19. The molecule has 2 rings (SSSR count). The van der Waals surface area contributed by atoms with Crippen LogP contribution in [0.5, 0.6) is 5.75 Å². The molecule has 0 fully saturated rings. The summed E-state index contributed by atoms with van der Waals surface area (Å²) in [5, 5.41) is 0.773. The van der Waals surface area contributed by atoms with E-state index in [1.165, 1.54) is 11.1 Å². The molecule has 0 radical (unpaired) electrons. The maximum atomic E-state index is 5.84. The Balaban J connectivity index is 2.16. The van der Waals surface area contributed by atoms with Crippen LogP contribution in [-0.2, 0) is 6.42 Å². The second kappa shape index (κ2) is 5.04. The van der Waals surface area contributed by atoms with Crippen LogP contribution in [0.4, 0.5) is 0 Å². The third-order valence-corrected chi connectivity index (χ3v) is 2.71. The normalized spacial score (nSPS) is 10.1. The molecule has 0 saturated heterocycles. The van der Waals surface area contributed by atoms with Gasteiger partial charge in [0.15, 0.2) is 0 Å². The van der Waals surface area contributed by atoms with Crippen molar-refractivity contribution >= 4 is 11.6 Å². The van der Waals surface area contributed by atoms with Gasteiger partial charge in [0.25, 0.3) is 0 Å². The molecule has 2 aromatic carbocycles. The topological polar surface area (TPSA) is 9.23 Å². The highest BCUT2D eigenvalue weighted by atomic mass is 35.5. The Morgan fingerprint density at radius 3 is 2.44 bits per heavy atom. The minimum Gasteiger partial charge on any atom is -0.497 e. The average Bonchev–Trinajstić information content (AvgIpc) is 2.32. The molecular weight excluding hydrogens is 220 g/mol. The van der Waals surface area contributed by atoms with Gasteiger partial charge in [0.2, 0.25) is 0 Å². The van der Waals surface area contributed by atoms with Crippen molar-refractivity contribution < 1.29 is 4.74 Å². The van der Waals surface area contributed by atoms with Crippen molar-refractivity contribution in [3.63, 3.8) is 0 Å². The van der Waals surface area contributed by atoms with Crippen molar-refractivity contribution in [3.05, 3.63) is 64.7 Å². The van der Waals surface area contributed by atoms with E-state index in [9.17, 15) is 0 Å². The van der Waals surface area contributed by atoms with Crippen LogP contribution in [0.2, 0.25) is 5.02 Å². The first-order valence-corrected chi connectivity index (χ1v) is 5.53. The number of methoxy groups -OCH3 is 1. The molecule has 0 bridgehead atoms. The molecule has 0 atom stereocenters. The van der Waals surface area contributed by atoms with Crippen LogP contribution in [-0.4, -0.2) is 7.11 Å². The van der Waals surface area contributed by atoms with Crippen LogP contribution in [0.3, 0.4) is 0 Å². The molecule has 0 unspecified atom stereocenters. The highest BCUT2D eigenvalue weighted by Gasteiger charge is 1.98. The van der Waals surface area contributed by atoms with Crippen molar-refractivity contribution in [3.8, 4) is 5.75 Å². The van der Waals surface area contributed by atoms with Gasteiger partial charge in [-0.3, -0.25) is 0 Å². The zero-order valence-corrected chi connectivity index (χ0v) is 9.87. The van der Waals surface area contributed by atoms with E-state index in [0.29, 0.717) is 0 Å². The van der Waals surface area contributed by atoms with Crippen LogP contribution < -0.4 is 4.74 Å². The fourth-order valence-electron chi connectivity index (χ4n) is 1.62. The molecule has 0 aliphatic carbocycles. The van der Waals surface area contributed by atoms with E-state index in [1.807, 2.05) is 36.4 Å². The number of hydrogen-bond acceptors (Lipinski definition) is 1. The quantitative estimate of drug-likeness (QED) is 0.779. The van der Waals surface area contributed by atoms with Crippen LogP contribution in [0.15, 0.2) is 48.5 Å². The van der Waals surface area contributed by atoms with Crippen LogP contribution in [0, 0.1) is 0 Å². The summed E-state index contributed by atoms with van der Waals surface area (Å²) in [7, 11) is 1.68. The highest BCUT2D eigenvalue weighted by Crippen LogP contribution is 2.17. The summed E-state index contributed by atoms with van der Waals surface area (Å²) in [4.78, 5) is 0. The van der Waals surface area contributed by atoms with E-state index in [0.717, 1.165) is 17.2 Å². The molecule has 2 heteroatoms. The van der Waals surface area contributed by atoms with Crippen molar-refractivity contribution in [2.45, 2.75) is 6.42 Å². The number of halogens is 1. The molecule has 0 aliphatic heterocycles. The van der Waals surface area contributed by atoms with Crippen LogP contribution in [0.25, 0.3) is 0 Å². The van der Waals surface area contributed by atoms with E-state index < -0.39 is 0 Å². The molecule has 0 aliphatic rings. The van der Waals surface area contributed by atoms with E-state index in [-0.39, 0.29) is 0 Å². The van der Waals surface area contributed by atoms with Crippen molar-refractivity contribution in [2.75, 3.05) is 7.11 Å². The predicted molar refractivity (Wildman–Crippen MR) is 67.3 cm³/mol. The number of hydrogen-bond donors (Lipinski definition) is 0. The summed E-state index contributed by atoms with van der Waals surface area (Å²) in [5.41, 5.74) is 2.49. The lowest BCUT2D eigenvalue weighted by Crippen LogP contribution is -1.89. The van der Waals surface area contributed by atoms with Crippen molar-refractivity contribution in [2.24, 2.45) is 0 Å². The van der Waals surface area contributed by atoms with Crippen LogP contribution in [0.1, 0.15) is 11.1 Å². The summed E-state index contributed by atoms with van der Waals surface area (Å²) in [6.45, 7) is 0. The molecule has 0 spiro atoms. The van der Waals surface area contributed by atoms with E-state index in [1.54, 1.807) is 7.11 Å². The van der Waals surface area contributed by atoms with Gasteiger partial charge in [-0.2, -0.15) is 0 Å². The van der Waals surface area contributed by atoms with E-state index in [2.05, 4.69) is 12.1 Å². The zero-order chi connectivity index (χ0) is 11.4. The Hall–Kier alpha value is -1.47. The van der Waals surface area contributed by atoms with Gasteiger partial charge in [-0.05, 0) is 41.8 Å². The minimum atomic E-state index is 0.773. The summed E-state index contributed by atoms with van der Waals surface area (Å²) in [6, 6.07) is 16.0. The Morgan fingerprint density at radius 1 is 1.00 bits per heavy atom. The van der Waals surface area contributed by atoms with Gasteiger partial charge in [0.1, 0.15) is 5.75 Å². The first-order valence-electron chi connectivity index (χ1n) is 5.15. The molecule has 0 saturated carbocycles. The molecule has 0 heterocycles. The molecule has 16 heavy (non-hydrogen) atoms. The fraction of sp³-hybridized carbons (Fsp3) is 0.143. The van der Waals surface area contributed by atoms with Gasteiger partial charge in [0, 0.05) is 5.02 Å². The maximum Gasteiger partial charge on any atom is 0.119 e. The molecule has 0 N–H and O–H groups in total. The lowest BCUT2D eigenvalue weighted by atomic mass is 10.1. The van der Waals surface area contributed by atoms with Gasteiger partial charge in [-0.1, -0.05) is 35.9 Å². The number of benzene rings is 2. The standard InChI is InChI=1S/C14H13ClO/c1-16-14-4-2-3-12(10-14)9-11-5-7-13(15)8-6-11/h2-8,10H,9H2,1H3. The monoisotopic (exact) mass is 232 g/mol. The molecule has 0 amide bonds. The van der Waals surface area contributed by atoms with Gasteiger partial charge in [-0.25, -0.2) is 0 Å². The third kappa shape index (κ3) is 2.77. The molecule has 1 nitrogen and oxygen atoms in total. The molecule has 82 valence electrons. The van der Waals surface area contributed by atoms with Gasteiger partial charge in [-0.15, -0.1) is 0 Å². The Morgan fingerprint density at radius 2 is 1.75 bits per heavy atom. The zero-order valence-electron chi connectivity index (χ0n) is 9.11. The minimum absolute atomic E-state index is 0.773. The Kier molecular flexibility index (Phi) is 3.47. The Bertz CT molecular complexity index is 462. The summed E-state index contributed by atoms with van der Waals surface area (Å²) in [5.74, 6) is 0.895. The first kappa shape index (κ1) is 11.0. The smallest absolute Gasteiger partial charge is 0.119 e. The maximum absolute atomic E-state index is 5.84. The van der Waals surface area contributed by atoms with Gasteiger partial charge >= 0.3 is 0 Å². The number of rotatable bonds is 3. The lowest BCUT2D eigenvalue weighted by molar-refractivity contribution is 0.414. The second-order valence-electron chi connectivity index (χ2n) is 3.65. The predicted octanol–water partition coefficient (Wildman–Crippen LogP) is 3.94. The third-order valence-electron chi connectivity index (χ3n) is 2.46. The summed E-state index contributed by atoms with van der Waals surface area (Å²) in [6.07, 6.45) is 0.897. The van der Waals surface area contributed by atoms with Crippen molar-refractivity contribution in [1.82, 2.24) is 0 Å². The molecule has 2 aromatic rings. The SMILES string of the molecule is COc1cccc(Cc2ccc(Cl)cc2)c1. The van der Waals surface area contributed by atoms with E-state index in [4.69, 9.17) is 16.3 Å². The summed E-state index contributed by atoms with van der Waals surface area (Å²) >= 11 is 5.84. The molecule has 0 aromatic heterocycles. The van der Waals surface area contributed by atoms with Gasteiger partial charge in [0.05, 0.1) is 7.11 Å². The fourth-order valence-corrected chi connectivity index (χ4v) is 1.75.